The van der Waals surface area contributed by atoms with Gasteiger partial charge < -0.3 is 4.98 Å². The summed E-state index contributed by atoms with van der Waals surface area (Å²) in [5, 5.41) is 0. The number of hydrogen-bond donors (Lipinski definition) is 3. The van der Waals surface area contributed by atoms with Crippen molar-refractivity contribution in [1.82, 2.24) is 15.4 Å². The molecule has 1 aromatic rings. The number of hydrazine groups is 1. The first-order valence-electron chi connectivity index (χ1n) is 4.10. The second-order valence-corrected chi connectivity index (χ2v) is 2.96. The molecule has 0 spiro atoms. The van der Waals surface area contributed by atoms with Crippen molar-refractivity contribution in [3.8, 4) is 0 Å². The molecule has 6 heteroatoms. The predicted octanol–water partition coefficient (Wildman–Crippen LogP) is -1.08. The van der Waals surface area contributed by atoms with E-state index in [1.165, 1.54) is 0 Å². The molecule has 1 rings (SSSR count). The molecule has 0 aromatic carbocycles. The molecule has 0 aliphatic carbocycles. The predicted molar refractivity (Wildman–Crippen MR) is 50.4 cm³/mol. The van der Waals surface area contributed by atoms with Crippen LogP contribution in [0.25, 0.3) is 0 Å². The Morgan fingerprint density at radius 2 is 2.21 bits per heavy atom. The van der Waals surface area contributed by atoms with E-state index < -0.39 is 5.91 Å². The van der Waals surface area contributed by atoms with Gasteiger partial charge in [-0.25, -0.2) is 10.8 Å². The van der Waals surface area contributed by atoms with Crippen LogP contribution in [0, 0.1) is 13.8 Å². The molecule has 0 unspecified atom stereocenters. The molecule has 1 aromatic heterocycles. The van der Waals surface area contributed by atoms with Gasteiger partial charge in [-0.3, -0.25) is 15.0 Å². The van der Waals surface area contributed by atoms with Crippen molar-refractivity contribution in [2.24, 2.45) is 5.84 Å². The Hall–Kier alpha value is -1.69. The first-order chi connectivity index (χ1) is 6.54. The average molecular weight is 196 g/mol. The summed E-state index contributed by atoms with van der Waals surface area (Å²) in [5.74, 6) is 5.04. The van der Waals surface area contributed by atoms with Crippen molar-refractivity contribution >= 4 is 5.91 Å². The number of nitrogens with two attached hydrogens (primary N) is 1. The first-order valence-corrected chi connectivity index (χ1v) is 4.10. The summed E-state index contributed by atoms with van der Waals surface area (Å²) >= 11 is 0. The average Bonchev–Trinajstić information content (AvgIpc) is 2.10. The van der Waals surface area contributed by atoms with Gasteiger partial charge in [0.15, 0.2) is 0 Å². The summed E-state index contributed by atoms with van der Waals surface area (Å²) < 4.78 is 0. The number of carbonyl (C=O) groups excluding carboxylic acids is 1. The molecule has 6 nitrogen and oxygen atoms in total. The molecule has 1 heterocycles. The fourth-order valence-electron chi connectivity index (χ4n) is 1.17. The van der Waals surface area contributed by atoms with E-state index in [9.17, 15) is 9.59 Å². The van der Waals surface area contributed by atoms with Gasteiger partial charge >= 0.3 is 0 Å². The van der Waals surface area contributed by atoms with Crippen molar-refractivity contribution in [3.63, 3.8) is 0 Å². The summed E-state index contributed by atoms with van der Waals surface area (Å²) in [4.78, 5) is 28.9. The smallest absolute Gasteiger partial charge is 0.254 e. The first kappa shape index (κ1) is 10.4. The highest BCUT2D eigenvalue weighted by Gasteiger charge is 2.10. The zero-order chi connectivity index (χ0) is 10.7. The van der Waals surface area contributed by atoms with Gasteiger partial charge in [0.05, 0.1) is 6.42 Å². The minimum atomic E-state index is -0.413. The van der Waals surface area contributed by atoms with E-state index >= 15 is 0 Å². The molecule has 76 valence electrons. The van der Waals surface area contributed by atoms with E-state index in [-0.39, 0.29) is 12.0 Å². The third kappa shape index (κ3) is 2.17. The summed E-state index contributed by atoms with van der Waals surface area (Å²) in [6.07, 6.45) is -0.0506. The third-order valence-corrected chi connectivity index (χ3v) is 1.84. The summed E-state index contributed by atoms with van der Waals surface area (Å²) in [6, 6.07) is 0. The highest BCUT2D eigenvalue weighted by Crippen LogP contribution is 1.99. The van der Waals surface area contributed by atoms with Crippen LogP contribution in [0.15, 0.2) is 4.79 Å². The van der Waals surface area contributed by atoms with Crippen LogP contribution in [0.2, 0.25) is 0 Å². The van der Waals surface area contributed by atoms with Crippen molar-refractivity contribution in [1.29, 1.82) is 0 Å². The third-order valence-electron chi connectivity index (χ3n) is 1.84. The summed E-state index contributed by atoms with van der Waals surface area (Å²) in [6.45, 7) is 3.36. The van der Waals surface area contributed by atoms with Crippen LogP contribution in [0.5, 0.6) is 0 Å². The number of carbonyl (C=O) groups is 1. The van der Waals surface area contributed by atoms with Crippen LogP contribution in [0.4, 0.5) is 0 Å². The lowest BCUT2D eigenvalue weighted by molar-refractivity contribution is -0.120. The van der Waals surface area contributed by atoms with Crippen LogP contribution in [-0.2, 0) is 11.2 Å². The van der Waals surface area contributed by atoms with E-state index in [0.717, 1.165) is 0 Å². The van der Waals surface area contributed by atoms with E-state index in [4.69, 9.17) is 5.84 Å². The second kappa shape index (κ2) is 4.01. The quantitative estimate of drug-likeness (QED) is 0.318. The van der Waals surface area contributed by atoms with E-state index in [1.54, 1.807) is 13.8 Å². The lowest BCUT2D eigenvalue weighted by Crippen LogP contribution is -2.33. The highest BCUT2D eigenvalue weighted by molar-refractivity contribution is 5.77. The van der Waals surface area contributed by atoms with Crippen LogP contribution in [-0.4, -0.2) is 15.9 Å². The second-order valence-electron chi connectivity index (χ2n) is 2.96. The Kier molecular flexibility index (Phi) is 2.98. The van der Waals surface area contributed by atoms with E-state index in [2.05, 4.69) is 9.97 Å². The number of nitrogens with zero attached hydrogens (tertiary/aromatic N) is 1. The topological polar surface area (TPSA) is 101 Å². The van der Waals surface area contributed by atoms with Crippen molar-refractivity contribution < 1.29 is 4.79 Å². The zero-order valence-electron chi connectivity index (χ0n) is 8.05. The number of amides is 1. The van der Waals surface area contributed by atoms with Crippen molar-refractivity contribution in [2.45, 2.75) is 20.3 Å². The summed E-state index contributed by atoms with van der Waals surface area (Å²) in [7, 11) is 0. The number of aryl methyl sites for hydroxylation is 2. The van der Waals surface area contributed by atoms with E-state index in [1.807, 2.05) is 5.43 Å². The Morgan fingerprint density at radius 1 is 1.57 bits per heavy atom. The maximum absolute atomic E-state index is 11.4. The number of H-pyrrole nitrogens is 1. The molecule has 0 saturated heterocycles. The Morgan fingerprint density at radius 3 is 2.71 bits per heavy atom. The minimum Gasteiger partial charge on any atom is -0.311 e. The van der Waals surface area contributed by atoms with Gasteiger partial charge in [-0.15, -0.1) is 0 Å². The lowest BCUT2D eigenvalue weighted by atomic mass is 10.1. The number of rotatable bonds is 2. The molecule has 14 heavy (non-hydrogen) atoms. The minimum absolute atomic E-state index is 0.0506. The fraction of sp³-hybridized carbons (Fsp3) is 0.375. The molecule has 0 saturated carbocycles. The van der Waals surface area contributed by atoms with Gasteiger partial charge in [-0.05, 0) is 13.8 Å². The highest BCUT2D eigenvalue weighted by atomic mass is 16.2. The van der Waals surface area contributed by atoms with Gasteiger partial charge in [-0.2, -0.15) is 0 Å². The molecule has 0 bridgehead atoms. The molecular weight excluding hydrogens is 184 g/mol. The van der Waals surface area contributed by atoms with Crippen LogP contribution in [0.3, 0.4) is 0 Å². The molecule has 0 atom stereocenters. The molecule has 1 amide bonds. The molecule has 0 aliphatic rings. The van der Waals surface area contributed by atoms with Crippen molar-refractivity contribution in [2.75, 3.05) is 0 Å². The number of nitrogens with one attached hydrogen (secondary N) is 2. The van der Waals surface area contributed by atoms with Crippen LogP contribution in [0.1, 0.15) is 17.1 Å². The van der Waals surface area contributed by atoms with Gasteiger partial charge in [0, 0.05) is 11.3 Å². The number of hydrogen-bond acceptors (Lipinski definition) is 4. The van der Waals surface area contributed by atoms with E-state index in [0.29, 0.717) is 17.1 Å². The molecule has 4 N–H and O–H groups in total. The van der Waals surface area contributed by atoms with Gasteiger partial charge in [0.2, 0.25) is 5.91 Å². The Bertz CT molecular complexity index is 410. The largest absolute Gasteiger partial charge is 0.311 e. The van der Waals surface area contributed by atoms with Gasteiger partial charge in [0.1, 0.15) is 5.82 Å². The normalized spacial score (nSPS) is 9.93. The van der Waals surface area contributed by atoms with Crippen molar-refractivity contribution in [3.05, 3.63) is 27.4 Å². The molecule has 0 fully saturated rings. The number of aromatic amines is 1. The van der Waals surface area contributed by atoms with Gasteiger partial charge in [-0.1, -0.05) is 0 Å². The fourth-order valence-corrected chi connectivity index (χ4v) is 1.17. The van der Waals surface area contributed by atoms with Gasteiger partial charge in [0.25, 0.3) is 5.56 Å². The lowest BCUT2D eigenvalue weighted by Gasteiger charge is -2.03. The Labute approximate surface area is 80.5 Å². The maximum atomic E-state index is 11.4. The molecule has 0 radical (unpaired) electrons. The van der Waals surface area contributed by atoms with Crippen LogP contribution >= 0.6 is 0 Å². The van der Waals surface area contributed by atoms with Crippen LogP contribution < -0.4 is 16.8 Å². The Balaban J connectivity index is 3.09. The SMILES string of the molecule is Cc1nc(C)c(CC(=O)NN)c(=O)[nH]1. The monoisotopic (exact) mass is 196 g/mol. The number of aromatic nitrogens is 2. The standard InChI is InChI=1S/C8H12N4O2/c1-4-6(3-7(13)12-9)8(14)11-5(2)10-4/h3,9H2,1-2H3,(H,12,13)(H,10,11,14). The molecular formula is C8H12N4O2. The summed E-state index contributed by atoms with van der Waals surface area (Å²) in [5.41, 5.74) is 2.57. The maximum Gasteiger partial charge on any atom is 0.254 e. The molecule has 0 aliphatic heterocycles. The zero-order valence-corrected chi connectivity index (χ0v) is 8.05.